The fourth-order valence-corrected chi connectivity index (χ4v) is 2.47. The Kier molecular flexibility index (Phi) is 3.02. The van der Waals surface area contributed by atoms with E-state index in [9.17, 15) is 0 Å². The number of hydrogen-bond acceptors (Lipinski definition) is 5. The maximum absolute atomic E-state index is 8.75. The Morgan fingerprint density at radius 3 is 3.00 bits per heavy atom. The average Bonchev–Trinajstić information content (AvgIpc) is 2.93. The standard InChI is InChI=1S/C13H16N6O/c1-9-6-10(2-3-11(9)13(14)17-20)18-4-5-19-8-15-16-12(19)7-18/h2-3,6,8,20H,4-5,7H2,1H3,(H2,14,17). The van der Waals surface area contributed by atoms with Crippen molar-refractivity contribution in [1.29, 1.82) is 0 Å². The van der Waals surface area contributed by atoms with Crippen molar-refractivity contribution in [3.63, 3.8) is 0 Å². The highest BCUT2D eigenvalue weighted by Crippen LogP contribution is 2.22. The highest BCUT2D eigenvalue weighted by atomic mass is 16.4. The van der Waals surface area contributed by atoms with Crippen LogP contribution in [0.4, 0.5) is 5.69 Å². The third-order valence-corrected chi connectivity index (χ3v) is 3.60. The van der Waals surface area contributed by atoms with Gasteiger partial charge in [-0.1, -0.05) is 5.16 Å². The summed E-state index contributed by atoms with van der Waals surface area (Å²) in [6, 6.07) is 5.89. The summed E-state index contributed by atoms with van der Waals surface area (Å²) in [6.45, 7) is 4.47. The molecule has 0 amide bonds. The van der Waals surface area contributed by atoms with Gasteiger partial charge < -0.3 is 20.4 Å². The number of nitrogens with zero attached hydrogens (tertiary/aromatic N) is 5. The fraction of sp³-hybridized carbons (Fsp3) is 0.308. The molecule has 2 aromatic rings. The van der Waals surface area contributed by atoms with Crippen LogP contribution in [0.15, 0.2) is 29.7 Å². The van der Waals surface area contributed by atoms with E-state index in [4.69, 9.17) is 10.9 Å². The largest absolute Gasteiger partial charge is 0.409 e. The Balaban J connectivity index is 1.87. The van der Waals surface area contributed by atoms with E-state index in [0.717, 1.165) is 42.3 Å². The molecule has 0 spiro atoms. The van der Waals surface area contributed by atoms with E-state index in [2.05, 4.69) is 24.8 Å². The Morgan fingerprint density at radius 1 is 1.40 bits per heavy atom. The van der Waals surface area contributed by atoms with Crippen LogP contribution in [0.25, 0.3) is 0 Å². The molecule has 0 saturated heterocycles. The molecule has 0 radical (unpaired) electrons. The number of aromatic nitrogens is 3. The quantitative estimate of drug-likeness (QED) is 0.363. The highest BCUT2D eigenvalue weighted by molar-refractivity contribution is 5.98. The van der Waals surface area contributed by atoms with Crippen LogP contribution in [-0.2, 0) is 13.1 Å². The number of aryl methyl sites for hydroxylation is 1. The van der Waals surface area contributed by atoms with Gasteiger partial charge in [-0.15, -0.1) is 10.2 Å². The molecule has 7 nitrogen and oxygen atoms in total. The molecule has 104 valence electrons. The molecule has 0 saturated carbocycles. The molecule has 1 aliphatic rings. The number of nitrogens with two attached hydrogens (primary N) is 1. The van der Waals surface area contributed by atoms with Crippen molar-refractivity contribution in [1.82, 2.24) is 14.8 Å². The first-order valence-corrected chi connectivity index (χ1v) is 6.39. The summed E-state index contributed by atoms with van der Waals surface area (Å²) in [5, 5.41) is 19.8. The summed E-state index contributed by atoms with van der Waals surface area (Å²) >= 11 is 0. The predicted octanol–water partition coefficient (Wildman–Crippen LogP) is 0.701. The molecule has 2 heterocycles. The summed E-state index contributed by atoms with van der Waals surface area (Å²) in [4.78, 5) is 2.24. The second-order valence-corrected chi connectivity index (χ2v) is 4.85. The van der Waals surface area contributed by atoms with Gasteiger partial charge in [0.05, 0.1) is 6.54 Å². The molecule has 1 aromatic carbocycles. The molecule has 7 heteroatoms. The van der Waals surface area contributed by atoms with Crippen molar-refractivity contribution in [2.24, 2.45) is 10.9 Å². The number of hydrogen-bond donors (Lipinski definition) is 2. The van der Waals surface area contributed by atoms with Crippen molar-refractivity contribution in [3.8, 4) is 0 Å². The zero-order valence-electron chi connectivity index (χ0n) is 11.2. The van der Waals surface area contributed by atoms with Crippen molar-refractivity contribution in [2.45, 2.75) is 20.0 Å². The van der Waals surface area contributed by atoms with Gasteiger partial charge in [0.2, 0.25) is 0 Å². The van der Waals surface area contributed by atoms with Crippen LogP contribution in [0.1, 0.15) is 17.0 Å². The lowest BCUT2D eigenvalue weighted by atomic mass is 10.1. The van der Waals surface area contributed by atoms with E-state index >= 15 is 0 Å². The molecule has 0 fully saturated rings. The van der Waals surface area contributed by atoms with E-state index in [0.29, 0.717) is 0 Å². The van der Waals surface area contributed by atoms with Crippen LogP contribution < -0.4 is 10.6 Å². The molecule has 0 bridgehead atoms. The summed E-state index contributed by atoms with van der Waals surface area (Å²) in [5.41, 5.74) is 8.46. The Bertz CT molecular complexity index is 663. The van der Waals surface area contributed by atoms with Gasteiger partial charge in [0.25, 0.3) is 0 Å². The Labute approximate surface area is 116 Å². The van der Waals surface area contributed by atoms with E-state index < -0.39 is 0 Å². The van der Waals surface area contributed by atoms with Crippen LogP contribution in [-0.4, -0.2) is 32.4 Å². The molecular formula is C13H16N6O. The predicted molar refractivity (Wildman–Crippen MR) is 74.8 cm³/mol. The zero-order chi connectivity index (χ0) is 14.1. The number of rotatable bonds is 2. The Hall–Kier alpha value is -2.57. The topological polar surface area (TPSA) is 92.6 Å². The van der Waals surface area contributed by atoms with Gasteiger partial charge in [-0.2, -0.15) is 0 Å². The highest BCUT2D eigenvalue weighted by Gasteiger charge is 2.18. The van der Waals surface area contributed by atoms with Gasteiger partial charge in [-0.25, -0.2) is 0 Å². The molecule has 20 heavy (non-hydrogen) atoms. The summed E-state index contributed by atoms with van der Waals surface area (Å²) in [6.07, 6.45) is 1.76. The first-order chi connectivity index (χ1) is 9.69. The fourth-order valence-electron chi connectivity index (χ4n) is 2.47. The van der Waals surface area contributed by atoms with Gasteiger partial charge in [0, 0.05) is 24.3 Å². The molecule has 0 unspecified atom stereocenters. The van der Waals surface area contributed by atoms with Crippen molar-refractivity contribution in [2.75, 3.05) is 11.4 Å². The maximum atomic E-state index is 8.75. The van der Waals surface area contributed by atoms with E-state index in [-0.39, 0.29) is 5.84 Å². The third kappa shape index (κ3) is 2.07. The first kappa shape index (κ1) is 12.5. The lowest BCUT2D eigenvalue weighted by Crippen LogP contribution is -2.33. The van der Waals surface area contributed by atoms with Gasteiger partial charge in [0.1, 0.15) is 6.33 Å². The molecule has 0 atom stereocenters. The SMILES string of the molecule is Cc1cc(N2CCn3cnnc3C2)ccc1/C(N)=N/O. The number of anilines is 1. The van der Waals surface area contributed by atoms with Crippen LogP contribution in [0.5, 0.6) is 0 Å². The monoisotopic (exact) mass is 272 g/mol. The van der Waals surface area contributed by atoms with Crippen molar-refractivity contribution < 1.29 is 5.21 Å². The summed E-state index contributed by atoms with van der Waals surface area (Å²) < 4.78 is 2.06. The summed E-state index contributed by atoms with van der Waals surface area (Å²) in [5.74, 6) is 1.10. The number of fused-ring (bicyclic) bond motifs is 1. The van der Waals surface area contributed by atoms with E-state index in [1.165, 1.54) is 0 Å². The lowest BCUT2D eigenvalue weighted by molar-refractivity contribution is 0.318. The minimum Gasteiger partial charge on any atom is -0.409 e. The molecular weight excluding hydrogens is 256 g/mol. The average molecular weight is 272 g/mol. The lowest BCUT2D eigenvalue weighted by Gasteiger charge is -2.29. The van der Waals surface area contributed by atoms with Crippen molar-refractivity contribution >= 4 is 11.5 Å². The van der Waals surface area contributed by atoms with Crippen LogP contribution in [0.3, 0.4) is 0 Å². The van der Waals surface area contributed by atoms with Gasteiger partial charge >= 0.3 is 0 Å². The Morgan fingerprint density at radius 2 is 2.25 bits per heavy atom. The van der Waals surface area contributed by atoms with E-state index in [1.807, 2.05) is 25.1 Å². The van der Waals surface area contributed by atoms with Crippen LogP contribution in [0.2, 0.25) is 0 Å². The second-order valence-electron chi connectivity index (χ2n) is 4.85. The number of oxime groups is 1. The molecule has 1 aliphatic heterocycles. The first-order valence-electron chi connectivity index (χ1n) is 6.39. The van der Waals surface area contributed by atoms with Gasteiger partial charge in [-0.05, 0) is 30.7 Å². The maximum Gasteiger partial charge on any atom is 0.170 e. The third-order valence-electron chi connectivity index (χ3n) is 3.60. The number of amidine groups is 1. The van der Waals surface area contributed by atoms with Gasteiger partial charge in [-0.3, -0.25) is 0 Å². The number of benzene rings is 1. The normalized spacial score (nSPS) is 15.2. The smallest absolute Gasteiger partial charge is 0.170 e. The minimum absolute atomic E-state index is 0.132. The van der Waals surface area contributed by atoms with Crippen molar-refractivity contribution in [3.05, 3.63) is 41.5 Å². The molecule has 0 aliphatic carbocycles. The summed E-state index contributed by atoms with van der Waals surface area (Å²) in [7, 11) is 0. The van der Waals surface area contributed by atoms with Crippen LogP contribution >= 0.6 is 0 Å². The molecule has 3 rings (SSSR count). The molecule has 3 N–H and O–H groups in total. The van der Waals surface area contributed by atoms with Gasteiger partial charge in [0.15, 0.2) is 11.7 Å². The zero-order valence-corrected chi connectivity index (χ0v) is 11.2. The molecule has 1 aromatic heterocycles. The van der Waals surface area contributed by atoms with Crippen LogP contribution in [0, 0.1) is 6.92 Å². The minimum atomic E-state index is 0.132. The van der Waals surface area contributed by atoms with E-state index in [1.54, 1.807) is 6.33 Å². The second kappa shape index (κ2) is 4.84.